The second kappa shape index (κ2) is 14.3. The predicted octanol–water partition coefficient (Wildman–Crippen LogP) is 7.81. The van der Waals surface area contributed by atoms with Crippen LogP contribution in [0.5, 0.6) is 11.5 Å². The minimum Gasteiger partial charge on any atom is -0.483 e. The van der Waals surface area contributed by atoms with Crippen LogP contribution in [0.25, 0.3) is 0 Å². The van der Waals surface area contributed by atoms with Crippen molar-refractivity contribution in [2.75, 3.05) is 36.1 Å². The zero-order valence-corrected chi connectivity index (χ0v) is 26.7. The van der Waals surface area contributed by atoms with Gasteiger partial charge in [0.1, 0.15) is 11.5 Å². The zero-order chi connectivity index (χ0) is 31.7. The van der Waals surface area contributed by atoms with Crippen molar-refractivity contribution >= 4 is 23.2 Å². The molecule has 0 saturated heterocycles. The lowest BCUT2D eigenvalue weighted by Gasteiger charge is -2.29. The number of nitrogens with zero attached hydrogens (tertiary/aromatic N) is 2. The van der Waals surface area contributed by atoms with E-state index in [1.54, 1.807) is 9.80 Å². The predicted molar refractivity (Wildman–Crippen MR) is 179 cm³/mol. The molecule has 0 aliphatic heterocycles. The van der Waals surface area contributed by atoms with Crippen LogP contribution in [0.4, 0.5) is 11.4 Å². The van der Waals surface area contributed by atoms with E-state index in [4.69, 9.17) is 9.47 Å². The molecule has 0 spiro atoms. The summed E-state index contributed by atoms with van der Waals surface area (Å²) < 4.78 is 12.2. The second-order valence-electron chi connectivity index (χ2n) is 12.8. The molecule has 0 saturated carbocycles. The summed E-state index contributed by atoms with van der Waals surface area (Å²) in [6.07, 6.45) is 0. The molecule has 0 radical (unpaired) electrons. The van der Waals surface area contributed by atoms with Crippen molar-refractivity contribution in [1.29, 1.82) is 0 Å². The van der Waals surface area contributed by atoms with E-state index in [-0.39, 0.29) is 48.9 Å². The normalized spacial score (nSPS) is 11.5. The van der Waals surface area contributed by atoms with Gasteiger partial charge in [-0.25, -0.2) is 0 Å². The van der Waals surface area contributed by atoms with E-state index in [0.717, 1.165) is 22.5 Å². The molecular formula is C38H44N2O4. The third-order valence-electron chi connectivity index (χ3n) is 7.38. The summed E-state index contributed by atoms with van der Waals surface area (Å²) >= 11 is 0. The Morgan fingerprint density at radius 2 is 0.818 bits per heavy atom. The van der Waals surface area contributed by atoms with Crippen LogP contribution in [0.2, 0.25) is 0 Å². The van der Waals surface area contributed by atoms with Crippen molar-refractivity contribution in [3.05, 3.63) is 120 Å². The average Bonchev–Trinajstić information content (AvgIpc) is 3.01. The van der Waals surface area contributed by atoms with E-state index in [1.807, 2.05) is 109 Å². The van der Waals surface area contributed by atoms with Gasteiger partial charge in [-0.2, -0.15) is 0 Å². The van der Waals surface area contributed by atoms with Crippen molar-refractivity contribution in [3.8, 4) is 11.5 Å². The topological polar surface area (TPSA) is 59.1 Å². The molecule has 0 fully saturated rings. The van der Waals surface area contributed by atoms with E-state index in [9.17, 15) is 9.59 Å². The molecule has 4 aromatic carbocycles. The number of anilines is 2. The van der Waals surface area contributed by atoms with Gasteiger partial charge in [0, 0.05) is 24.5 Å². The Labute approximate surface area is 262 Å². The molecule has 0 heterocycles. The third kappa shape index (κ3) is 8.50. The number of carbonyl (C=O) groups is 2. The van der Waals surface area contributed by atoms with Gasteiger partial charge in [-0.1, -0.05) is 114 Å². The lowest BCUT2D eigenvalue weighted by atomic mass is 9.86. The van der Waals surface area contributed by atoms with Crippen LogP contribution >= 0.6 is 0 Å². The Morgan fingerprint density at radius 3 is 1.16 bits per heavy atom. The first-order valence-corrected chi connectivity index (χ1v) is 15.1. The molecule has 0 aliphatic carbocycles. The molecule has 4 aromatic rings. The fraction of sp³-hybridized carbons (Fsp3) is 0.316. The van der Waals surface area contributed by atoms with Crippen molar-refractivity contribution < 1.29 is 19.1 Å². The van der Waals surface area contributed by atoms with Gasteiger partial charge in [0.05, 0.1) is 0 Å². The maximum absolute atomic E-state index is 13.7. The molecule has 4 rings (SSSR count). The van der Waals surface area contributed by atoms with Crippen LogP contribution in [-0.4, -0.2) is 38.1 Å². The highest BCUT2D eigenvalue weighted by Crippen LogP contribution is 2.32. The highest BCUT2D eigenvalue weighted by molar-refractivity contribution is 5.96. The van der Waals surface area contributed by atoms with E-state index < -0.39 is 0 Å². The summed E-state index contributed by atoms with van der Waals surface area (Å²) in [4.78, 5) is 30.8. The van der Waals surface area contributed by atoms with Gasteiger partial charge >= 0.3 is 0 Å². The first kappa shape index (κ1) is 32.3. The van der Waals surface area contributed by atoms with Gasteiger partial charge in [0.2, 0.25) is 0 Å². The summed E-state index contributed by atoms with van der Waals surface area (Å²) in [6.45, 7) is 13.0. The van der Waals surface area contributed by atoms with Crippen molar-refractivity contribution in [2.24, 2.45) is 0 Å². The van der Waals surface area contributed by atoms with E-state index in [1.165, 1.54) is 0 Å². The maximum Gasteiger partial charge on any atom is 0.264 e. The number of hydrogen-bond acceptors (Lipinski definition) is 4. The number of benzene rings is 4. The molecule has 2 amide bonds. The van der Waals surface area contributed by atoms with Gasteiger partial charge in [-0.05, 0) is 58.4 Å². The van der Waals surface area contributed by atoms with E-state index >= 15 is 0 Å². The van der Waals surface area contributed by atoms with Crippen molar-refractivity contribution in [3.63, 3.8) is 0 Å². The molecule has 0 unspecified atom stereocenters. The van der Waals surface area contributed by atoms with Gasteiger partial charge in [0.25, 0.3) is 11.8 Å². The van der Waals surface area contributed by atoms with Gasteiger partial charge in [-0.3, -0.25) is 9.59 Å². The van der Waals surface area contributed by atoms with Crippen LogP contribution in [-0.2, 0) is 20.4 Å². The van der Waals surface area contributed by atoms with Crippen LogP contribution in [0.1, 0.15) is 52.7 Å². The van der Waals surface area contributed by atoms with Gasteiger partial charge in [0.15, 0.2) is 13.2 Å². The van der Waals surface area contributed by atoms with Crippen LogP contribution < -0.4 is 19.3 Å². The minimum atomic E-state index is -0.198. The van der Waals surface area contributed by atoms with Crippen LogP contribution in [0.15, 0.2) is 109 Å². The van der Waals surface area contributed by atoms with Crippen LogP contribution in [0.3, 0.4) is 0 Å². The largest absolute Gasteiger partial charge is 0.483 e. The molecule has 6 nitrogen and oxygen atoms in total. The first-order valence-electron chi connectivity index (χ1n) is 15.1. The third-order valence-corrected chi connectivity index (χ3v) is 7.38. The maximum atomic E-state index is 13.7. The fourth-order valence-electron chi connectivity index (χ4n) is 5.07. The Morgan fingerprint density at radius 1 is 0.500 bits per heavy atom. The molecule has 0 aromatic heterocycles. The lowest BCUT2D eigenvalue weighted by Crippen LogP contribution is -2.44. The second-order valence-corrected chi connectivity index (χ2v) is 12.8. The number of ether oxygens (including phenoxy) is 2. The molecule has 0 aliphatic rings. The zero-order valence-electron chi connectivity index (χ0n) is 26.7. The number of rotatable bonds is 11. The molecule has 230 valence electrons. The molecule has 6 heteroatoms. The molecular weight excluding hydrogens is 548 g/mol. The summed E-state index contributed by atoms with van der Waals surface area (Å²) in [5.41, 5.74) is 3.28. The number of hydrogen-bond donors (Lipinski definition) is 0. The quantitative estimate of drug-likeness (QED) is 0.178. The molecule has 0 atom stereocenters. The SMILES string of the molecule is CC(C)(C)c1ccccc1OCC(=O)N(CCN(C(=O)COc1ccccc1C(C)(C)C)c1ccccc1)c1ccccc1. The van der Waals surface area contributed by atoms with E-state index in [0.29, 0.717) is 11.5 Å². The summed E-state index contributed by atoms with van der Waals surface area (Å²) in [6, 6.07) is 34.6. The highest BCUT2D eigenvalue weighted by atomic mass is 16.5. The average molecular weight is 593 g/mol. The van der Waals surface area contributed by atoms with Crippen LogP contribution in [0, 0.1) is 0 Å². The molecule has 0 bridgehead atoms. The summed E-state index contributed by atoms with van der Waals surface area (Å²) in [5.74, 6) is 0.983. The Hall–Kier alpha value is -4.58. The van der Waals surface area contributed by atoms with Crippen molar-refractivity contribution in [2.45, 2.75) is 52.4 Å². The lowest BCUT2D eigenvalue weighted by molar-refractivity contribution is -0.122. The van der Waals surface area contributed by atoms with Gasteiger partial charge in [-0.15, -0.1) is 0 Å². The Bertz CT molecular complexity index is 1400. The van der Waals surface area contributed by atoms with E-state index in [2.05, 4.69) is 41.5 Å². The minimum absolute atomic E-state index is 0.131. The Kier molecular flexibility index (Phi) is 10.5. The summed E-state index contributed by atoms with van der Waals surface area (Å²) in [7, 11) is 0. The fourth-order valence-corrected chi connectivity index (χ4v) is 5.07. The molecule has 44 heavy (non-hydrogen) atoms. The Balaban J connectivity index is 1.53. The van der Waals surface area contributed by atoms with Gasteiger partial charge < -0.3 is 19.3 Å². The monoisotopic (exact) mass is 592 g/mol. The highest BCUT2D eigenvalue weighted by Gasteiger charge is 2.24. The number of para-hydroxylation sites is 4. The summed E-state index contributed by atoms with van der Waals surface area (Å²) in [5, 5.41) is 0. The standard InChI is InChI=1S/C38H44N2O4/c1-37(2,3)31-21-13-15-23-33(31)43-27-35(41)39(29-17-9-7-10-18-29)25-26-40(30-19-11-8-12-20-30)36(42)28-44-34-24-16-14-22-32(34)38(4,5)6/h7-24H,25-28H2,1-6H3. The molecule has 0 N–H and O–H groups in total. The first-order chi connectivity index (χ1) is 20.9. The number of amides is 2. The smallest absolute Gasteiger partial charge is 0.264 e. The number of carbonyl (C=O) groups excluding carboxylic acids is 2. The van der Waals surface area contributed by atoms with Crippen molar-refractivity contribution in [1.82, 2.24) is 0 Å².